The highest BCUT2D eigenvalue weighted by Gasteiger charge is 2.05. The van der Waals surface area contributed by atoms with Crippen molar-refractivity contribution in [3.8, 4) is 0 Å². The first kappa shape index (κ1) is 8.66. The Balaban J connectivity index is 2.74. The molecule has 0 nitrogen and oxygen atoms in total. The fourth-order valence-electron chi connectivity index (χ4n) is 1.17. The van der Waals surface area contributed by atoms with Gasteiger partial charge in [-0.05, 0) is 17.9 Å². The van der Waals surface area contributed by atoms with Crippen LogP contribution in [-0.4, -0.2) is 5.75 Å². The van der Waals surface area contributed by atoms with E-state index in [9.17, 15) is 0 Å². The summed E-state index contributed by atoms with van der Waals surface area (Å²) in [5.74, 6) is 1.41. The highest BCUT2D eigenvalue weighted by molar-refractivity contribution is 7.80. The fourth-order valence-corrected chi connectivity index (χ4v) is 1.60. The van der Waals surface area contributed by atoms with Crippen molar-refractivity contribution in [3.05, 3.63) is 35.9 Å². The minimum Gasteiger partial charge on any atom is -0.0935 e. The summed E-state index contributed by atoms with van der Waals surface area (Å²) in [6.07, 6.45) is 1.15. The molecule has 59 valence electrons. The Morgan fingerprint density at radius 1 is 1.27 bits per heavy atom. The first-order valence-electron chi connectivity index (χ1n) is 4.01. The summed E-state index contributed by atoms with van der Waals surface area (Å²) in [7, 11) is 0. The van der Waals surface area contributed by atoms with E-state index in [0.717, 1.165) is 12.2 Å². The summed E-state index contributed by atoms with van der Waals surface area (Å²) in [5.41, 5.74) is 1.38. The molecule has 0 bridgehead atoms. The van der Waals surface area contributed by atoms with Gasteiger partial charge in [0.05, 0.1) is 0 Å². The van der Waals surface area contributed by atoms with Crippen LogP contribution in [0.4, 0.5) is 0 Å². The van der Waals surface area contributed by atoms with Crippen LogP contribution in [0, 0.1) is 0 Å². The Labute approximate surface area is 74.0 Å². The minimum absolute atomic E-state index is 0.575. The maximum atomic E-state index is 5.05. The second kappa shape index (κ2) is 4.45. The molecule has 1 heteroatoms. The van der Waals surface area contributed by atoms with Crippen LogP contribution in [0.3, 0.4) is 0 Å². The Morgan fingerprint density at radius 2 is 1.91 bits per heavy atom. The molecule has 1 unspecified atom stereocenters. The number of hydrogen-bond donors (Lipinski definition) is 0. The molecule has 0 aromatic heterocycles. The van der Waals surface area contributed by atoms with Crippen LogP contribution >= 0.6 is 12.6 Å². The van der Waals surface area contributed by atoms with Crippen molar-refractivity contribution >= 4 is 12.6 Å². The summed E-state index contributed by atoms with van der Waals surface area (Å²) in [6, 6.07) is 10.5. The van der Waals surface area contributed by atoms with Crippen molar-refractivity contribution < 1.29 is 0 Å². The average molecular weight is 165 g/mol. The summed E-state index contributed by atoms with van der Waals surface area (Å²) in [5, 5.41) is 0. The normalized spacial score (nSPS) is 12.9. The molecule has 0 aliphatic carbocycles. The predicted octanol–water partition coefficient (Wildman–Crippen LogP) is 3.38. The van der Waals surface area contributed by atoms with E-state index >= 15 is 0 Å². The molecule has 0 N–H and O–H groups in total. The van der Waals surface area contributed by atoms with E-state index in [1.165, 1.54) is 5.56 Å². The topological polar surface area (TPSA) is 0 Å². The largest absolute Gasteiger partial charge is 0.0935 e. The maximum absolute atomic E-state index is 5.05. The average Bonchev–Trinajstić information content (AvgIpc) is 2.09. The van der Waals surface area contributed by atoms with Crippen LogP contribution in [0.5, 0.6) is 0 Å². The minimum atomic E-state index is 0.575. The third-order valence-electron chi connectivity index (χ3n) is 1.96. The third kappa shape index (κ3) is 2.26. The molecule has 11 heavy (non-hydrogen) atoms. The molecule has 0 aliphatic rings. The van der Waals surface area contributed by atoms with Gasteiger partial charge in [0.15, 0.2) is 0 Å². The molecule has 1 aromatic rings. The molecular formula is C10H13S. The molecule has 1 atom stereocenters. The monoisotopic (exact) mass is 165 g/mol. The molecular weight excluding hydrogens is 152 g/mol. The van der Waals surface area contributed by atoms with Gasteiger partial charge in [0, 0.05) is 5.75 Å². The van der Waals surface area contributed by atoms with Crippen LogP contribution in [-0.2, 0) is 0 Å². The lowest BCUT2D eigenvalue weighted by atomic mass is 9.99. The Hall–Kier alpha value is -0.430. The summed E-state index contributed by atoms with van der Waals surface area (Å²) in [6.45, 7) is 2.18. The van der Waals surface area contributed by atoms with Gasteiger partial charge in [-0.15, -0.1) is 0 Å². The van der Waals surface area contributed by atoms with Gasteiger partial charge >= 0.3 is 0 Å². The molecule has 0 amide bonds. The Bertz CT molecular complexity index is 189. The SMILES string of the molecule is CCC(C[S])c1ccccc1. The first-order valence-corrected chi connectivity index (χ1v) is 4.59. The molecule has 1 radical (unpaired) electrons. The standard InChI is InChI=1S/C10H13S/c1-2-9(8-11)10-6-4-3-5-7-10/h3-7,9H,2,8H2,1H3. The molecule has 1 aromatic carbocycles. The number of hydrogen-bond acceptors (Lipinski definition) is 0. The van der Waals surface area contributed by atoms with Crippen LogP contribution in [0.25, 0.3) is 0 Å². The molecule has 0 heterocycles. The molecule has 0 aliphatic heterocycles. The van der Waals surface area contributed by atoms with Crippen molar-refractivity contribution in [1.82, 2.24) is 0 Å². The molecule has 0 fully saturated rings. The fraction of sp³-hybridized carbons (Fsp3) is 0.400. The van der Waals surface area contributed by atoms with E-state index in [0.29, 0.717) is 5.92 Å². The quantitative estimate of drug-likeness (QED) is 0.644. The molecule has 1 rings (SSSR count). The Morgan fingerprint density at radius 3 is 2.36 bits per heavy atom. The van der Waals surface area contributed by atoms with E-state index in [4.69, 9.17) is 12.6 Å². The molecule has 0 spiro atoms. The van der Waals surface area contributed by atoms with Gasteiger partial charge in [-0.2, -0.15) is 0 Å². The van der Waals surface area contributed by atoms with E-state index in [2.05, 4.69) is 31.2 Å². The second-order valence-electron chi connectivity index (χ2n) is 2.68. The van der Waals surface area contributed by atoms with E-state index in [1.807, 2.05) is 6.07 Å². The molecule has 0 saturated heterocycles. The van der Waals surface area contributed by atoms with Crippen molar-refractivity contribution in [2.75, 3.05) is 5.75 Å². The lowest BCUT2D eigenvalue weighted by Crippen LogP contribution is -1.97. The van der Waals surface area contributed by atoms with Gasteiger partial charge < -0.3 is 0 Å². The summed E-state index contributed by atoms with van der Waals surface area (Å²) < 4.78 is 0. The van der Waals surface area contributed by atoms with Crippen molar-refractivity contribution in [1.29, 1.82) is 0 Å². The maximum Gasteiger partial charge on any atom is 0.0106 e. The van der Waals surface area contributed by atoms with Crippen LogP contribution in [0.2, 0.25) is 0 Å². The van der Waals surface area contributed by atoms with Crippen LogP contribution < -0.4 is 0 Å². The Kier molecular flexibility index (Phi) is 3.50. The number of benzene rings is 1. The van der Waals surface area contributed by atoms with Crippen molar-refractivity contribution in [3.63, 3.8) is 0 Å². The van der Waals surface area contributed by atoms with Gasteiger partial charge in [0.2, 0.25) is 0 Å². The third-order valence-corrected chi connectivity index (χ3v) is 2.37. The van der Waals surface area contributed by atoms with Gasteiger partial charge in [0.1, 0.15) is 0 Å². The number of rotatable bonds is 3. The smallest absolute Gasteiger partial charge is 0.0106 e. The van der Waals surface area contributed by atoms with E-state index < -0.39 is 0 Å². The molecule has 0 saturated carbocycles. The predicted molar refractivity (Wildman–Crippen MR) is 51.9 cm³/mol. The summed E-state index contributed by atoms with van der Waals surface area (Å²) in [4.78, 5) is 0. The lowest BCUT2D eigenvalue weighted by Gasteiger charge is -2.10. The zero-order valence-electron chi connectivity index (χ0n) is 6.79. The van der Waals surface area contributed by atoms with Crippen LogP contribution in [0.1, 0.15) is 24.8 Å². The van der Waals surface area contributed by atoms with Gasteiger partial charge in [-0.3, -0.25) is 0 Å². The second-order valence-corrected chi connectivity index (χ2v) is 3.02. The van der Waals surface area contributed by atoms with Gasteiger partial charge in [-0.1, -0.05) is 49.9 Å². The summed E-state index contributed by atoms with van der Waals surface area (Å²) >= 11 is 5.05. The lowest BCUT2D eigenvalue weighted by molar-refractivity contribution is 0.746. The van der Waals surface area contributed by atoms with E-state index in [-0.39, 0.29) is 0 Å². The first-order chi connectivity index (χ1) is 5.38. The highest BCUT2D eigenvalue weighted by atomic mass is 32.1. The van der Waals surface area contributed by atoms with Gasteiger partial charge in [-0.25, -0.2) is 0 Å². The van der Waals surface area contributed by atoms with Crippen molar-refractivity contribution in [2.24, 2.45) is 0 Å². The zero-order chi connectivity index (χ0) is 8.10. The van der Waals surface area contributed by atoms with E-state index in [1.54, 1.807) is 0 Å². The highest BCUT2D eigenvalue weighted by Crippen LogP contribution is 2.19. The van der Waals surface area contributed by atoms with Crippen molar-refractivity contribution in [2.45, 2.75) is 19.3 Å². The zero-order valence-corrected chi connectivity index (χ0v) is 7.60. The van der Waals surface area contributed by atoms with Gasteiger partial charge in [0.25, 0.3) is 0 Å². The van der Waals surface area contributed by atoms with Crippen LogP contribution in [0.15, 0.2) is 30.3 Å².